The lowest BCUT2D eigenvalue weighted by molar-refractivity contribution is 0.159. The van der Waals surface area contributed by atoms with Crippen LogP contribution in [0.15, 0.2) is 18.2 Å². The van der Waals surface area contributed by atoms with Crippen LogP contribution >= 0.6 is 11.6 Å². The van der Waals surface area contributed by atoms with Gasteiger partial charge in [0.1, 0.15) is 17.1 Å². The molecule has 0 aliphatic carbocycles. The Balaban J connectivity index is 2.22. The number of methoxy groups -OCH3 is 2. The Morgan fingerprint density at radius 3 is 2.76 bits per heavy atom. The smallest absolute Gasteiger partial charge is 0.146 e. The van der Waals surface area contributed by atoms with Crippen molar-refractivity contribution in [2.24, 2.45) is 0 Å². The number of benzene rings is 1. The highest BCUT2D eigenvalue weighted by Crippen LogP contribution is 2.26. The van der Waals surface area contributed by atoms with Crippen LogP contribution in [0.2, 0.25) is 0 Å². The first kappa shape index (κ1) is 16.1. The second kappa shape index (κ2) is 7.64. The lowest BCUT2D eigenvalue weighted by atomic mass is 10.3. The number of hydrogen-bond acceptors (Lipinski definition) is 4. The van der Waals surface area contributed by atoms with Crippen LogP contribution in [-0.4, -0.2) is 55.4 Å². The predicted octanol–water partition coefficient (Wildman–Crippen LogP) is 2.36. The van der Waals surface area contributed by atoms with Crippen molar-refractivity contribution >= 4 is 22.6 Å². The summed E-state index contributed by atoms with van der Waals surface area (Å²) in [6.07, 6.45) is 0. The summed E-state index contributed by atoms with van der Waals surface area (Å²) in [4.78, 5) is 6.83. The number of halogens is 1. The molecular formula is C15H22ClN3O2. The number of fused-ring (bicyclic) bond motifs is 1. The average molecular weight is 312 g/mol. The molecule has 0 N–H and O–H groups in total. The molecule has 0 aliphatic rings. The van der Waals surface area contributed by atoms with Gasteiger partial charge < -0.3 is 18.9 Å². The molecule has 21 heavy (non-hydrogen) atoms. The number of ether oxygens (including phenoxy) is 2. The number of hydrogen-bond donors (Lipinski definition) is 0. The van der Waals surface area contributed by atoms with Crippen LogP contribution < -0.4 is 4.74 Å². The third kappa shape index (κ3) is 3.67. The highest BCUT2D eigenvalue weighted by molar-refractivity contribution is 6.16. The van der Waals surface area contributed by atoms with Gasteiger partial charge in [0.2, 0.25) is 0 Å². The first-order valence-electron chi connectivity index (χ1n) is 6.96. The Bertz CT molecular complexity index is 586. The largest absolute Gasteiger partial charge is 0.494 e. The highest BCUT2D eigenvalue weighted by atomic mass is 35.5. The van der Waals surface area contributed by atoms with Gasteiger partial charge >= 0.3 is 0 Å². The number of nitrogens with zero attached hydrogens (tertiary/aromatic N) is 3. The van der Waals surface area contributed by atoms with Crippen molar-refractivity contribution in [1.82, 2.24) is 14.5 Å². The molecule has 0 radical (unpaired) electrons. The molecule has 5 nitrogen and oxygen atoms in total. The number of likely N-dealkylation sites (N-methyl/N-ethyl adjacent to an activating group) is 1. The molecular weight excluding hydrogens is 290 g/mol. The topological polar surface area (TPSA) is 39.5 Å². The summed E-state index contributed by atoms with van der Waals surface area (Å²) in [7, 11) is 5.46. The summed E-state index contributed by atoms with van der Waals surface area (Å²) in [6, 6.07) is 5.95. The van der Waals surface area contributed by atoms with E-state index in [1.165, 1.54) is 0 Å². The van der Waals surface area contributed by atoms with Crippen molar-refractivity contribution in [1.29, 1.82) is 0 Å². The molecule has 1 aromatic heterocycles. The number of alkyl halides is 1. The minimum Gasteiger partial charge on any atom is -0.494 e. The van der Waals surface area contributed by atoms with E-state index in [0.717, 1.165) is 48.8 Å². The SMILES string of the molecule is COCCN(C)CCn1c(CCl)nc2c(OC)cccc21. The molecule has 2 rings (SSSR count). The van der Waals surface area contributed by atoms with Crippen molar-refractivity contribution in [3.63, 3.8) is 0 Å². The maximum absolute atomic E-state index is 6.04. The molecule has 0 saturated carbocycles. The summed E-state index contributed by atoms with van der Waals surface area (Å²) in [6.45, 7) is 3.39. The van der Waals surface area contributed by atoms with Gasteiger partial charge in [-0.3, -0.25) is 0 Å². The monoisotopic (exact) mass is 311 g/mol. The Morgan fingerprint density at radius 2 is 2.10 bits per heavy atom. The number of aromatic nitrogens is 2. The van der Waals surface area contributed by atoms with Crippen LogP contribution in [0.25, 0.3) is 11.0 Å². The average Bonchev–Trinajstić information content (AvgIpc) is 2.88. The molecule has 2 aromatic rings. The van der Waals surface area contributed by atoms with Gasteiger partial charge in [0.25, 0.3) is 0 Å². The van der Waals surface area contributed by atoms with Crippen LogP contribution in [0.1, 0.15) is 5.82 Å². The minimum absolute atomic E-state index is 0.389. The van der Waals surface area contributed by atoms with E-state index in [1.807, 2.05) is 12.1 Å². The fraction of sp³-hybridized carbons (Fsp3) is 0.533. The van der Waals surface area contributed by atoms with Crippen LogP contribution in [-0.2, 0) is 17.2 Å². The van der Waals surface area contributed by atoms with Crippen LogP contribution in [0, 0.1) is 0 Å². The number of imidazole rings is 1. The summed E-state index contributed by atoms with van der Waals surface area (Å²) < 4.78 is 12.6. The van der Waals surface area contributed by atoms with E-state index >= 15 is 0 Å². The molecule has 0 aliphatic heterocycles. The summed E-state index contributed by atoms with van der Waals surface area (Å²) in [5, 5.41) is 0. The van der Waals surface area contributed by atoms with Crippen LogP contribution in [0.5, 0.6) is 5.75 Å². The van der Waals surface area contributed by atoms with Gasteiger partial charge in [-0.15, -0.1) is 11.6 Å². The second-order valence-corrected chi connectivity index (χ2v) is 5.20. The van der Waals surface area contributed by atoms with E-state index < -0.39 is 0 Å². The molecule has 0 saturated heterocycles. The van der Waals surface area contributed by atoms with E-state index in [4.69, 9.17) is 21.1 Å². The zero-order valence-electron chi connectivity index (χ0n) is 12.8. The highest BCUT2D eigenvalue weighted by Gasteiger charge is 2.13. The van der Waals surface area contributed by atoms with Gasteiger partial charge in [0.15, 0.2) is 0 Å². The fourth-order valence-electron chi connectivity index (χ4n) is 2.32. The van der Waals surface area contributed by atoms with Gasteiger partial charge in [-0.25, -0.2) is 4.98 Å². The van der Waals surface area contributed by atoms with Crippen molar-refractivity contribution in [2.75, 3.05) is 41.0 Å². The Labute approximate surface area is 130 Å². The normalized spacial score (nSPS) is 11.5. The number of rotatable bonds is 8. The molecule has 6 heteroatoms. The van der Waals surface area contributed by atoms with Crippen molar-refractivity contribution in [2.45, 2.75) is 12.4 Å². The van der Waals surface area contributed by atoms with Gasteiger partial charge in [-0.05, 0) is 19.2 Å². The van der Waals surface area contributed by atoms with Crippen LogP contribution in [0.3, 0.4) is 0 Å². The molecule has 0 atom stereocenters. The lowest BCUT2D eigenvalue weighted by Gasteiger charge is -2.17. The maximum atomic E-state index is 6.04. The third-order valence-corrected chi connectivity index (χ3v) is 3.78. The summed E-state index contributed by atoms with van der Waals surface area (Å²) in [5.74, 6) is 2.04. The van der Waals surface area contributed by atoms with Gasteiger partial charge in [0, 0.05) is 26.7 Å². The molecule has 0 fully saturated rings. The molecule has 1 aromatic carbocycles. The van der Waals surface area contributed by atoms with E-state index in [-0.39, 0.29) is 0 Å². The van der Waals surface area contributed by atoms with Crippen molar-refractivity contribution < 1.29 is 9.47 Å². The molecule has 0 unspecified atom stereocenters. The first-order valence-corrected chi connectivity index (χ1v) is 7.50. The molecule has 0 spiro atoms. The van der Waals surface area contributed by atoms with Crippen LogP contribution in [0.4, 0.5) is 0 Å². The fourth-order valence-corrected chi connectivity index (χ4v) is 2.52. The summed E-state index contributed by atoms with van der Waals surface area (Å²) in [5.41, 5.74) is 1.93. The maximum Gasteiger partial charge on any atom is 0.146 e. The first-order chi connectivity index (χ1) is 10.2. The Morgan fingerprint density at radius 1 is 1.29 bits per heavy atom. The van der Waals surface area contributed by atoms with E-state index in [9.17, 15) is 0 Å². The zero-order chi connectivity index (χ0) is 15.2. The van der Waals surface area contributed by atoms with Gasteiger partial charge in [-0.2, -0.15) is 0 Å². The molecule has 0 amide bonds. The molecule has 1 heterocycles. The van der Waals surface area contributed by atoms with E-state index in [0.29, 0.717) is 5.88 Å². The second-order valence-electron chi connectivity index (χ2n) is 4.94. The predicted molar refractivity (Wildman–Crippen MR) is 85.2 cm³/mol. The van der Waals surface area contributed by atoms with E-state index in [2.05, 4.69) is 27.6 Å². The van der Waals surface area contributed by atoms with Gasteiger partial charge in [0.05, 0.1) is 25.1 Å². The molecule has 0 bridgehead atoms. The standard InChI is InChI=1S/C15H22ClN3O2/c1-18(9-10-20-2)7-8-19-12-5-4-6-13(21-3)15(12)17-14(19)11-16/h4-6H,7-11H2,1-3H3. The Kier molecular flexibility index (Phi) is 5.85. The van der Waals surface area contributed by atoms with Gasteiger partial charge in [-0.1, -0.05) is 6.07 Å². The molecule has 116 valence electrons. The van der Waals surface area contributed by atoms with E-state index in [1.54, 1.807) is 14.2 Å². The third-order valence-electron chi connectivity index (χ3n) is 3.54. The van der Waals surface area contributed by atoms with Crippen molar-refractivity contribution in [3.8, 4) is 5.75 Å². The Hall–Kier alpha value is -1.30. The lowest BCUT2D eigenvalue weighted by Crippen LogP contribution is -2.27. The quantitative estimate of drug-likeness (QED) is 0.702. The number of para-hydroxylation sites is 1. The zero-order valence-corrected chi connectivity index (χ0v) is 13.6. The summed E-state index contributed by atoms with van der Waals surface area (Å²) >= 11 is 6.04. The van der Waals surface area contributed by atoms with Crippen molar-refractivity contribution in [3.05, 3.63) is 24.0 Å². The minimum atomic E-state index is 0.389.